The van der Waals surface area contributed by atoms with E-state index in [1.165, 1.54) is 0 Å². The molecule has 0 amide bonds. The molecule has 3 atom stereocenters. The first-order chi connectivity index (χ1) is 13.1. The van der Waals surface area contributed by atoms with Crippen LogP contribution in [0.1, 0.15) is 26.3 Å². The number of nitrogens with one attached hydrogen (secondary N) is 1. The lowest BCUT2D eigenvalue weighted by atomic mass is 9.93. The molecule has 0 saturated carbocycles. The van der Waals surface area contributed by atoms with Crippen molar-refractivity contribution < 1.29 is 4.74 Å². The minimum Gasteiger partial charge on any atom is -0.489 e. The van der Waals surface area contributed by atoms with E-state index < -0.39 is 0 Å². The SMILES string of the molecule is CN=C(NCC(C)Oc1ccc(Cl)cc1)N1CCC(C)C(n2ccnc2)C1. The summed E-state index contributed by atoms with van der Waals surface area (Å²) in [6.45, 7) is 6.95. The number of aromatic nitrogens is 2. The molecule has 2 heterocycles. The largest absolute Gasteiger partial charge is 0.489 e. The molecule has 1 aliphatic heterocycles. The van der Waals surface area contributed by atoms with Gasteiger partial charge in [-0.15, -0.1) is 0 Å². The van der Waals surface area contributed by atoms with Crippen molar-refractivity contribution in [2.24, 2.45) is 10.9 Å². The summed E-state index contributed by atoms with van der Waals surface area (Å²) < 4.78 is 8.15. The van der Waals surface area contributed by atoms with Crippen molar-refractivity contribution in [3.05, 3.63) is 48.0 Å². The Morgan fingerprint density at radius 3 is 2.85 bits per heavy atom. The van der Waals surface area contributed by atoms with E-state index in [9.17, 15) is 0 Å². The van der Waals surface area contributed by atoms with Gasteiger partial charge in [-0.2, -0.15) is 0 Å². The van der Waals surface area contributed by atoms with Crippen LogP contribution >= 0.6 is 11.6 Å². The predicted octanol–water partition coefficient (Wildman–Crippen LogP) is 3.46. The van der Waals surface area contributed by atoms with Gasteiger partial charge in [0, 0.05) is 37.6 Å². The molecule has 6 nitrogen and oxygen atoms in total. The molecule has 1 fully saturated rings. The number of likely N-dealkylation sites (tertiary alicyclic amines) is 1. The van der Waals surface area contributed by atoms with Crippen molar-refractivity contribution in [1.82, 2.24) is 19.8 Å². The first-order valence-electron chi connectivity index (χ1n) is 9.42. The fraction of sp³-hybridized carbons (Fsp3) is 0.500. The fourth-order valence-corrected chi connectivity index (χ4v) is 3.58. The Bertz CT molecular complexity index is 731. The zero-order valence-corrected chi connectivity index (χ0v) is 16.9. The molecule has 0 spiro atoms. The summed E-state index contributed by atoms with van der Waals surface area (Å²) in [4.78, 5) is 11.0. The van der Waals surface area contributed by atoms with Crippen LogP contribution in [0.15, 0.2) is 48.0 Å². The Hall–Kier alpha value is -2.21. The number of hydrogen-bond acceptors (Lipinski definition) is 3. The maximum atomic E-state index is 5.94. The van der Waals surface area contributed by atoms with Crippen LogP contribution in [0.2, 0.25) is 5.02 Å². The smallest absolute Gasteiger partial charge is 0.193 e. The van der Waals surface area contributed by atoms with Gasteiger partial charge in [-0.25, -0.2) is 4.98 Å². The number of guanidine groups is 1. The first kappa shape index (κ1) is 19.5. The van der Waals surface area contributed by atoms with Gasteiger partial charge in [0.1, 0.15) is 11.9 Å². The number of aliphatic imine (C=N–C) groups is 1. The average molecular weight is 390 g/mol. The van der Waals surface area contributed by atoms with Gasteiger partial charge in [-0.3, -0.25) is 4.99 Å². The van der Waals surface area contributed by atoms with Crippen LogP contribution in [0, 0.1) is 5.92 Å². The second kappa shape index (κ2) is 9.13. The second-order valence-corrected chi connectivity index (χ2v) is 7.54. The summed E-state index contributed by atoms with van der Waals surface area (Å²) in [7, 11) is 1.83. The lowest BCUT2D eigenvalue weighted by Gasteiger charge is -2.39. The van der Waals surface area contributed by atoms with Gasteiger partial charge in [0.05, 0.1) is 18.9 Å². The van der Waals surface area contributed by atoms with Gasteiger partial charge in [0.25, 0.3) is 0 Å². The lowest BCUT2D eigenvalue weighted by Crippen LogP contribution is -2.50. The summed E-state index contributed by atoms with van der Waals surface area (Å²) in [5, 5.41) is 4.16. The predicted molar refractivity (Wildman–Crippen MR) is 110 cm³/mol. The van der Waals surface area contributed by atoms with Gasteiger partial charge in [-0.1, -0.05) is 18.5 Å². The van der Waals surface area contributed by atoms with E-state index in [2.05, 4.69) is 31.7 Å². The highest BCUT2D eigenvalue weighted by molar-refractivity contribution is 6.30. The van der Waals surface area contributed by atoms with Crippen LogP contribution in [0.3, 0.4) is 0 Å². The molecule has 1 aromatic carbocycles. The van der Waals surface area contributed by atoms with Crippen LogP contribution in [0.5, 0.6) is 5.75 Å². The maximum absolute atomic E-state index is 5.94. The summed E-state index contributed by atoms with van der Waals surface area (Å²) in [5.74, 6) is 2.34. The number of halogens is 1. The molecule has 1 N–H and O–H groups in total. The van der Waals surface area contributed by atoms with E-state index in [4.69, 9.17) is 16.3 Å². The Kier molecular flexibility index (Phi) is 6.61. The van der Waals surface area contributed by atoms with Crippen LogP contribution < -0.4 is 10.1 Å². The monoisotopic (exact) mass is 389 g/mol. The summed E-state index contributed by atoms with van der Waals surface area (Å²) in [6.07, 6.45) is 6.93. The van der Waals surface area contributed by atoms with Crippen LogP contribution in [0.25, 0.3) is 0 Å². The number of piperidine rings is 1. The van der Waals surface area contributed by atoms with Gasteiger partial charge in [0.15, 0.2) is 5.96 Å². The van der Waals surface area contributed by atoms with E-state index in [0.29, 0.717) is 23.5 Å². The molecule has 146 valence electrons. The Labute approximate surface area is 166 Å². The lowest BCUT2D eigenvalue weighted by molar-refractivity contribution is 0.184. The van der Waals surface area contributed by atoms with Crippen molar-refractivity contribution >= 4 is 17.6 Å². The molecular formula is C20H28ClN5O. The topological polar surface area (TPSA) is 54.7 Å². The highest BCUT2D eigenvalue weighted by Gasteiger charge is 2.29. The third-order valence-electron chi connectivity index (χ3n) is 5.04. The number of nitrogens with zero attached hydrogens (tertiary/aromatic N) is 4. The Balaban J connectivity index is 1.54. The molecule has 1 aromatic heterocycles. The fourth-order valence-electron chi connectivity index (χ4n) is 3.45. The van der Waals surface area contributed by atoms with Crippen molar-refractivity contribution in [2.75, 3.05) is 26.7 Å². The standard InChI is InChI=1S/C20H28ClN5O/c1-15-8-10-25(13-19(15)26-11-9-23-14-26)20(22-3)24-12-16(2)27-18-6-4-17(21)5-7-18/h4-7,9,11,14-16,19H,8,10,12-13H2,1-3H3,(H,22,24). The number of ether oxygens (including phenoxy) is 1. The third-order valence-corrected chi connectivity index (χ3v) is 5.29. The first-order valence-corrected chi connectivity index (χ1v) is 9.80. The van der Waals surface area contributed by atoms with E-state index in [0.717, 1.165) is 31.2 Å². The number of hydrogen-bond donors (Lipinski definition) is 1. The maximum Gasteiger partial charge on any atom is 0.193 e. The van der Waals surface area contributed by atoms with Crippen molar-refractivity contribution in [1.29, 1.82) is 0 Å². The molecular weight excluding hydrogens is 362 g/mol. The molecule has 3 rings (SSSR count). The van der Waals surface area contributed by atoms with Crippen LogP contribution in [-0.4, -0.2) is 53.2 Å². The average Bonchev–Trinajstić information content (AvgIpc) is 3.20. The minimum absolute atomic E-state index is 0.0103. The minimum atomic E-state index is 0.0103. The van der Waals surface area contributed by atoms with Gasteiger partial charge >= 0.3 is 0 Å². The van der Waals surface area contributed by atoms with E-state index in [1.807, 2.05) is 57.0 Å². The molecule has 0 aliphatic carbocycles. The molecule has 0 bridgehead atoms. The number of imidazole rings is 1. The van der Waals surface area contributed by atoms with Gasteiger partial charge in [0.2, 0.25) is 0 Å². The molecule has 7 heteroatoms. The van der Waals surface area contributed by atoms with Crippen LogP contribution in [-0.2, 0) is 0 Å². The summed E-state index contributed by atoms with van der Waals surface area (Å²) >= 11 is 5.92. The molecule has 2 aromatic rings. The van der Waals surface area contributed by atoms with E-state index >= 15 is 0 Å². The number of rotatable bonds is 5. The Morgan fingerprint density at radius 2 is 2.19 bits per heavy atom. The molecule has 1 saturated heterocycles. The zero-order chi connectivity index (χ0) is 19.2. The van der Waals surface area contributed by atoms with Crippen molar-refractivity contribution in [3.8, 4) is 5.75 Å². The molecule has 1 aliphatic rings. The van der Waals surface area contributed by atoms with E-state index in [-0.39, 0.29) is 6.10 Å². The molecule has 27 heavy (non-hydrogen) atoms. The zero-order valence-electron chi connectivity index (χ0n) is 16.2. The van der Waals surface area contributed by atoms with Crippen molar-refractivity contribution in [3.63, 3.8) is 0 Å². The van der Waals surface area contributed by atoms with Gasteiger partial charge < -0.3 is 19.5 Å². The summed E-state index contributed by atoms with van der Waals surface area (Å²) in [5.41, 5.74) is 0. The molecule has 3 unspecified atom stereocenters. The van der Waals surface area contributed by atoms with E-state index in [1.54, 1.807) is 0 Å². The van der Waals surface area contributed by atoms with Crippen molar-refractivity contribution in [2.45, 2.75) is 32.4 Å². The normalized spacial score (nSPS) is 21.8. The number of benzene rings is 1. The highest BCUT2D eigenvalue weighted by atomic mass is 35.5. The summed E-state index contributed by atoms with van der Waals surface area (Å²) in [6, 6.07) is 7.84. The Morgan fingerprint density at radius 1 is 1.41 bits per heavy atom. The molecule has 0 radical (unpaired) electrons. The van der Waals surface area contributed by atoms with Gasteiger partial charge in [-0.05, 0) is 43.5 Å². The third kappa shape index (κ3) is 5.16. The second-order valence-electron chi connectivity index (χ2n) is 7.10. The highest BCUT2D eigenvalue weighted by Crippen LogP contribution is 2.27. The quantitative estimate of drug-likeness (QED) is 0.628. The van der Waals surface area contributed by atoms with Crippen LogP contribution in [0.4, 0.5) is 0 Å².